The Kier molecular flexibility index (Phi) is 7.67. The number of anilines is 1. The van der Waals surface area contributed by atoms with E-state index in [-0.39, 0.29) is 6.61 Å². The van der Waals surface area contributed by atoms with Crippen molar-refractivity contribution in [2.75, 3.05) is 5.73 Å². The summed E-state index contributed by atoms with van der Waals surface area (Å²) >= 11 is 0. The van der Waals surface area contributed by atoms with Crippen LogP contribution in [0.3, 0.4) is 0 Å². The maximum atomic E-state index is 14.3. The highest BCUT2D eigenvalue weighted by molar-refractivity contribution is 6.00. The average molecular weight is 527 g/mol. The van der Waals surface area contributed by atoms with Crippen LogP contribution in [0.25, 0.3) is 22.2 Å². The molecule has 9 heteroatoms. The summed E-state index contributed by atoms with van der Waals surface area (Å²) in [6.07, 6.45) is 9.23. The van der Waals surface area contributed by atoms with Crippen molar-refractivity contribution >= 4 is 16.9 Å². The Hall–Kier alpha value is -4.53. The molecule has 1 atom stereocenters. The van der Waals surface area contributed by atoms with Gasteiger partial charge in [-0.1, -0.05) is 32.4 Å². The fourth-order valence-electron chi connectivity index (χ4n) is 4.60. The summed E-state index contributed by atoms with van der Waals surface area (Å²) < 4.78 is 28.2. The summed E-state index contributed by atoms with van der Waals surface area (Å²) in [5, 5.41) is 0.834. The molecule has 0 unspecified atom stereocenters. The molecule has 0 aliphatic heterocycles. The van der Waals surface area contributed by atoms with Crippen LogP contribution in [-0.2, 0) is 13.2 Å². The first-order valence-electron chi connectivity index (χ1n) is 13.0. The van der Waals surface area contributed by atoms with E-state index in [2.05, 4.69) is 44.5 Å². The Morgan fingerprint density at radius 1 is 0.974 bits per heavy atom. The van der Waals surface area contributed by atoms with Crippen LogP contribution in [0.15, 0.2) is 67.4 Å². The predicted molar refractivity (Wildman–Crippen MR) is 149 cm³/mol. The van der Waals surface area contributed by atoms with Gasteiger partial charge in [-0.2, -0.15) is 0 Å². The van der Waals surface area contributed by atoms with Crippen molar-refractivity contribution in [3.05, 3.63) is 84.6 Å². The molecule has 2 aromatic carbocycles. The Morgan fingerprint density at radius 2 is 1.72 bits per heavy atom. The molecule has 0 bridgehead atoms. The van der Waals surface area contributed by atoms with Crippen molar-refractivity contribution in [1.82, 2.24) is 24.5 Å². The number of aryl methyl sites for hydroxylation is 1. The fourth-order valence-corrected chi connectivity index (χ4v) is 4.60. The molecule has 39 heavy (non-hydrogen) atoms. The van der Waals surface area contributed by atoms with Gasteiger partial charge < -0.3 is 19.8 Å². The van der Waals surface area contributed by atoms with Crippen LogP contribution in [0.1, 0.15) is 38.1 Å². The number of nitrogens with two attached hydrogens (primary N) is 1. The second-order valence-corrected chi connectivity index (χ2v) is 9.72. The van der Waals surface area contributed by atoms with E-state index in [0.717, 1.165) is 47.1 Å². The van der Waals surface area contributed by atoms with Crippen molar-refractivity contribution in [2.24, 2.45) is 5.92 Å². The molecule has 3 heterocycles. The summed E-state index contributed by atoms with van der Waals surface area (Å²) in [4.78, 5) is 17.0. The third-order valence-electron chi connectivity index (χ3n) is 6.46. The van der Waals surface area contributed by atoms with Crippen molar-refractivity contribution in [2.45, 2.75) is 46.8 Å². The second kappa shape index (κ2) is 11.5. The summed E-state index contributed by atoms with van der Waals surface area (Å²) in [5.41, 5.74) is 9.81. The number of fused-ring (bicyclic) bond motifs is 1. The minimum absolute atomic E-state index is 0.218. The minimum Gasteiger partial charge on any atom is -0.489 e. The number of nitrogen functional groups attached to an aromatic ring is 1. The zero-order chi connectivity index (χ0) is 27.4. The predicted octanol–water partition coefficient (Wildman–Crippen LogP) is 6.73. The van der Waals surface area contributed by atoms with Crippen LogP contribution in [0.5, 0.6) is 17.2 Å². The lowest BCUT2D eigenvalue weighted by atomic mass is 10.1. The first-order chi connectivity index (χ1) is 18.9. The summed E-state index contributed by atoms with van der Waals surface area (Å²) in [5.74, 6) is 2.42. The highest BCUT2D eigenvalue weighted by Crippen LogP contribution is 2.35. The number of rotatable bonds is 10. The number of halogens is 1. The number of ether oxygens (including phenoxy) is 2. The highest BCUT2D eigenvalue weighted by Gasteiger charge is 2.16. The van der Waals surface area contributed by atoms with E-state index in [4.69, 9.17) is 15.2 Å². The standard InChI is InChI=1S/C30H31FN6O2/c1-4-5-19(2)15-37-16-27(28-29(32)35-18-36-30(28)37)22-6-8-24(9-7-22)39-26-11-23(31)10-25(12-26)38-17-21-13-33-20(3)34-14-21/h6-14,16,18-19H,4-5,15,17H2,1-3H3,(H2,32,35,36)/t19-/m1/s1. The van der Waals surface area contributed by atoms with Crippen molar-refractivity contribution in [3.63, 3.8) is 0 Å². The van der Waals surface area contributed by atoms with Gasteiger partial charge in [0.05, 0.1) is 5.39 Å². The Morgan fingerprint density at radius 3 is 2.46 bits per heavy atom. The normalized spacial score (nSPS) is 12.0. The number of nitrogens with zero attached hydrogens (tertiary/aromatic N) is 5. The van der Waals surface area contributed by atoms with Gasteiger partial charge in [-0.25, -0.2) is 24.3 Å². The molecule has 200 valence electrons. The van der Waals surface area contributed by atoms with Crippen LogP contribution in [0, 0.1) is 18.7 Å². The average Bonchev–Trinajstić information content (AvgIpc) is 3.28. The molecule has 5 aromatic rings. The van der Waals surface area contributed by atoms with Crippen molar-refractivity contribution < 1.29 is 13.9 Å². The van der Waals surface area contributed by atoms with Gasteiger partial charge in [0, 0.05) is 54.5 Å². The van der Waals surface area contributed by atoms with Gasteiger partial charge in [-0.15, -0.1) is 0 Å². The van der Waals surface area contributed by atoms with Gasteiger partial charge in [0.2, 0.25) is 0 Å². The topological polar surface area (TPSA) is 101 Å². The molecule has 8 nitrogen and oxygen atoms in total. The zero-order valence-corrected chi connectivity index (χ0v) is 22.3. The smallest absolute Gasteiger partial charge is 0.146 e. The van der Waals surface area contributed by atoms with E-state index in [9.17, 15) is 4.39 Å². The Labute approximate surface area is 226 Å². The van der Waals surface area contributed by atoms with Gasteiger partial charge in [-0.05, 0) is 37.0 Å². The molecular formula is C30H31FN6O2. The van der Waals surface area contributed by atoms with Crippen LogP contribution in [0.4, 0.5) is 10.2 Å². The second-order valence-electron chi connectivity index (χ2n) is 9.72. The molecule has 0 radical (unpaired) electrons. The van der Waals surface area contributed by atoms with Gasteiger partial charge in [0.1, 0.15) is 53.3 Å². The fraction of sp³-hybridized carbons (Fsp3) is 0.267. The molecular weight excluding hydrogens is 495 g/mol. The lowest BCUT2D eigenvalue weighted by Gasteiger charge is -2.11. The maximum Gasteiger partial charge on any atom is 0.146 e. The first-order valence-corrected chi connectivity index (χ1v) is 13.0. The molecule has 0 fully saturated rings. The van der Waals surface area contributed by atoms with Crippen LogP contribution in [0.2, 0.25) is 0 Å². The van der Waals surface area contributed by atoms with Gasteiger partial charge >= 0.3 is 0 Å². The molecule has 5 rings (SSSR count). The molecule has 0 saturated carbocycles. The highest BCUT2D eigenvalue weighted by atomic mass is 19.1. The SMILES string of the molecule is CCC[C@@H](C)Cn1cc(-c2ccc(Oc3cc(F)cc(OCc4cnc(C)nc4)c3)cc2)c2c(N)ncnc21. The van der Waals surface area contributed by atoms with E-state index >= 15 is 0 Å². The van der Waals surface area contributed by atoms with E-state index < -0.39 is 5.82 Å². The lowest BCUT2D eigenvalue weighted by Crippen LogP contribution is -2.07. The van der Waals surface area contributed by atoms with Crippen molar-refractivity contribution in [1.29, 1.82) is 0 Å². The summed E-state index contributed by atoms with van der Waals surface area (Å²) in [7, 11) is 0. The Balaban J connectivity index is 1.34. The number of hydrogen-bond acceptors (Lipinski definition) is 7. The lowest BCUT2D eigenvalue weighted by molar-refractivity contribution is 0.301. The number of benzene rings is 2. The molecule has 0 aliphatic carbocycles. The largest absolute Gasteiger partial charge is 0.489 e. The quantitative estimate of drug-likeness (QED) is 0.215. The van der Waals surface area contributed by atoms with Crippen LogP contribution < -0.4 is 15.2 Å². The minimum atomic E-state index is -0.458. The number of aromatic nitrogens is 5. The van der Waals surface area contributed by atoms with Crippen LogP contribution >= 0.6 is 0 Å². The summed E-state index contributed by atoms with van der Waals surface area (Å²) in [6, 6.07) is 11.9. The van der Waals surface area contributed by atoms with Gasteiger partial charge in [-0.3, -0.25) is 0 Å². The van der Waals surface area contributed by atoms with Crippen molar-refractivity contribution in [3.8, 4) is 28.4 Å². The first kappa shape index (κ1) is 26.1. The Bertz CT molecular complexity index is 1570. The summed E-state index contributed by atoms with van der Waals surface area (Å²) in [6.45, 7) is 7.31. The molecule has 3 aromatic heterocycles. The molecule has 2 N–H and O–H groups in total. The van der Waals surface area contributed by atoms with E-state index in [1.807, 2.05) is 31.2 Å². The van der Waals surface area contributed by atoms with Crippen LogP contribution in [-0.4, -0.2) is 24.5 Å². The van der Waals surface area contributed by atoms with E-state index in [0.29, 0.717) is 34.8 Å². The number of hydrogen-bond donors (Lipinski definition) is 1. The molecule has 0 amide bonds. The monoisotopic (exact) mass is 526 g/mol. The van der Waals surface area contributed by atoms with E-state index in [1.54, 1.807) is 18.5 Å². The molecule has 0 saturated heterocycles. The van der Waals surface area contributed by atoms with E-state index in [1.165, 1.54) is 18.5 Å². The third kappa shape index (κ3) is 6.14. The zero-order valence-electron chi connectivity index (χ0n) is 22.3. The third-order valence-corrected chi connectivity index (χ3v) is 6.46. The molecule has 0 spiro atoms. The van der Waals surface area contributed by atoms with Gasteiger partial charge in [0.15, 0.2) is 0 Å². The van der Waals surface area contributed by atoms with Gasteiger partial charge in [0.25, 0.3) is 0 Å². The molecule has 0 aliphatic rings. The maximum absolute atomic E-state index is 14.3.